The Morgan fingerprint density at radius 2 is 2.00 bits per heavy atom. The number of carbonyl (C=O) groups is 1. The van der Waals surface area contributed by atoms with Crippen LogP contribution in [0.3, 0.4) is 0 Å². The van der Waals surface area contributed by atoms with Crippen molar-refractivity contribution < 1.29 is 14.3 Å². The van der Waals surface area contributed by atoms with Gasteiger partial charge in [0.2, 0.25) is 0 Å². The van der Waals surface area contributed by atoms with Gasteiger partial charge in [0.25, 0.3) is 0 Å². The molecule has 0 aliphatic carbocycles. The molecule has 0 unspecified atom stereocenters. The van der Waals surface area contributed by atoms with Gasteiger partial charge in [-0.15, -0.1) is 11.6 Å². The summed E-state index contributed by atoms with van der Waals surface area (Å²) < 4.78 is 10.1. The molecule has 0 aromatic heterocycles. The van der Waals surface area contributed by atoms with Crippen molar-refractivity contribution in [1.82, 2.24) is 0 Å². The van der Waals surface area contributed by atoms with Gasteiger partial charge in [0.1, 0.15) is 5.75 Å². The van der Waals surface area contributed by atoms with E-state index in [0.29, 0.717) is 25.3 Å². The fourth-order valence-electron chi connectivity index (χ4n) is 1.35. The molecule has 0 aliphatic rings. The van der Waals surface area contributed by atoms with Crippen LogP contribution in [-0.2, 0) is 16.0 Å². The number of ether oxygens (including phenoxy) is 2. The van der Waals surface area contributed by atoms with Gasteiger partial charge >= 0.3 is 5.97 Å². The molecule has 0 saturated carbocycles. The summed E-state index contributed by atoms with van der Waals surface area (Å²) in [4.78, 5) is 11.0. The highest BCUT2D eigenvalue weighted by molar-refractivity contribution is 6.17. The molecule has 0 amide bonds. The average molecular weight is 257 g/mol. The van der Waals surface area contributed by atoms with E-state index < -0.39 is 0 Å². The predicted molar refractivity (Wildman–Crippen MR) is 67.6 cm³/mol. The first-order valence-corrected chi connectivity index (χ1v) is 6.14. The molecule has 0 bridgehead atoms. The van der Waals surface area contributed by atoms with Crippen molar-refractivity contribution in [2.45, 2.75) is 19.3 Å². The number of hydrogen-bond donors (Lipinski definition) is 0. The lowest BCUT2D eigenvalue weighted by molar-refractivity contribution is -0.140. The highest BCUT2D eigenvalue weighted by Gasteiger charge is 2.01. The number of rotatable bonds is 7. The molecule has 0 fully saturated rings. The van der Waals surface area contributed by atoms with Gasteiger partial charge in [-0.3, -0.25) is 4.79 Å². The summed E-state index contributed by atoms with van der Waals surface area (Å²) >= 11 is 5.55. The zero-order chi connectivity index (χ0) is 12.5. The molecule has 0 saturated heterocycles. The minimum atomic E-state index is -0.188. The van der Waals surface area contributed by atoms with Crippen molar-refractivity contribution in [2.75, 3.05) is 19.6 Å². The molecular weight excluding hydrogens is 240 g/mol. The van der Waals surface area contributed by atoms with Gasteiger partial charge in [-0.25, -0.2) is 0 Å². The molecule has 17 heavy (non-hydrogen) atoms. The number of alkyl halides is 1. The molecule has 94 valence electrons. The maximum atomic E-state index is 11.0. The molecule has 0 aliphatic heterocycles. The summed E-state index contributed by atoms with van der Waals surface area (Å²) in [5, 5.41) is 0. The Morgan fingerprint density at radius 3 is 2.59 bits per heavy atom. The van der Waals surface area contributed by atoms with Crippen LogP contribution in [0.2, 0.25) is 0 Å². The van der Waals surface area contributed by atoms with Crippen LogP contribution in [0.4, 0.5) is 0 Å². The Balaban J connectivity index is 2.36. The number of methoxy groups -OCH3 is 1. The molecule has 0 spiro atoms. The number of carbonyl (C=O) groups excluding carboxylic acids is 1. The Hall–Kier alpha value is -1.22. The molecular formula is C13H17ClO3. The second-order valence-corrected chi connectivity index (χ2v) is 3.99. The normalized spacial score (nSPS) is 10.0. The van der Waals surface area contributed by atoms with E-state index in [2.05, 4.69) is 4.74 Å². The highest BCUT2D eigenvalue weighted by Crippen LogP contribution is 2.13. The van der Waals surface area contributed by atoms with Crippen molar-refractivity contribution in [3.63, 3.8) is 0 Å². The van der Waals surface area contributed by atoms with Crippen LogP contribution in [0.1, 0.15) is 18.4 Å². The lowest BCUT2D eigenvalue weighted by atomic mass is 10.1. The zero-order valence-electron chi connectivity index (χ0n) is 9.95. The van der Waals surface area contributed by atoms with E-state index in [1.165, 1.54) is 7.11 Å². The molecule has 0 atom stereocenters. The molecule has 4 heteroatoms. The van der Waals surface area contributed by atoms with E-state index in [-0.39, 0.29) is 5.97 Å². The topological polar surface area (TPSA) is 35.5 Å². The van der Waals surface area contributed by atoms with Crippen LogP contribution in [-0.4, -0.2) is 25.6 Å². The van der Waals surface area contributed by atoms with Crippen molar-refractivity contribution in [1.29, 1.82) is 0 Å². The van der Waals surface area contributed by atoms with Crippen molar-refractivity contribution in [3.05, 3.63) is 29.8 Å². The SMILES string of the molecule is COC(=O)CCc1ccc(OCCCCl)cc1. The van der Waals surface area contributed by atoms with E-state index >= 15 is 0 Å². The highest BCUT2D eigenvalue weighted by atomic mass is 35.5. The van der Waals surface area contributed by atoms with E-state index in [4.69, 9.17) is 16.3 Å². The Morgan fingerprint density at radius 1 is 1.29 bits per heavy atom. The number of esters is 1. The first-order valence-electron chi connectivity index (χ1n) is 5.61. The van der Waals surface area contributed by atoms with Crippen LogP contribution in [0, 0.1) is 0 Å². The monoisotopic (exact) mass is 256 g/mol. The van der Waals surface area contributed by atoms with E-state index in [9.17, 15) is 4.79 Å². The second-order valence-electron chi connectivity index (χ2n) is 3.61. The minimum Gasteiger partial charge on any atom is -0.494 e. The minimum absolute atomic E-state index is 0.188. The van der Waals surface area contributed by atoms with Crippen LogP contribution >= 0.6 is 11.6 Å². The largest absolute Gasteiger partial charge is 0.494 e. The number of aryl methyl sites for hydroxylation is 1. The van der Waals surface area contributed by atoms with Crippen molar-refractivity contribution >= 4 is 17.6 Å². The molecule has 0 heterocycles. The average Bonchev–Trinajstić information content (AvgIpc) is 2.37. The molecule has 0 N–H and O–H groups in total. The van der Waals surface area contributed by atoms with Crippen molar-refractivity contribution in [2.24, 2.45) is 0 Å². The first-order chi connectivity index (χ1) is 8.26. The molecule has 1 aromatic carbocycles. The van der Waals surface area contributed by atoms with Gasteiger partial charge in [-0.2, -0.15) is 0 Å². The van der Waals surface area contributed by atoms with E-state index in [1.807, 2.05) is 24.3 Å². The lowest BCUT2D eigenvalue weighted by Gasteiger charge is -2.06. The molecule has 1 rings (SSSR count). The third-order valence-electron chi connectivity index (χ3n) is 2.32. The van der Waals surface area contributed by atoms with Crippen LogP contribution in [0.25, 0.3) is 0 Å². The van der Waals surface area contributed by atoms with Gasteiger partial charge in [0, 0.05) is 12.3 Å². The molecule has 1 aromatic rings. The molecule has 0 radical (unpaired) electrons. The van der Waals surface area contributed by atoms with Gasteiger partial charge < -0.3 is 9.47 Å². The third-order valence-corrected chi connectivity index (χ3v) is 2.58. The van der Waals surface area contributed by atoms with Crippen LogP contribution < -0.4 is 4.74 Å². The summed E-state index contributed by atoms with van der Waals surface area (Å²) in [5.41, 5.74) is 1.10. The maximum absolute atomic E-state index is 11.0. The zero-order valence-corrected chi connectivity index (χ0v) is 10.7. The van der Waals surface area contributed by atoms with Crippen LogP contribution in [0.15, 0.2) is 24.3 Å². The standard InChI is InChI=1S/C13H17ClO3/c1-16-13(15)8-5-11-3-6-12(7-4-11)17-10-2-9-14/h3-4,6-7H,2,5,8-10H2,1H3. The fraction of sp³-hybridized carbons (Fsp3) is 0.462. The fourth-order valence-corrected chi connectivity index (χ4v) is 1.45. The molecule has 3 nitrogen and oxygen atoms in total. The maximum Gasteiger partial charge on any atom is 0.305 e. The summed E-state index contributed by atoms with van der Waals surface area (Å²) in [7, 11) is 1.40. The third kappa shape index (κ3) is 5.59. The van der Waals surface area contributed by atoms with Gasteiger partial charge in [-0.1, -0.05) is 12.1 Å². The van der Waals surface area contributed by atoms with Gasteiger partial charge in [0.15, 0.2) is 0 Å². The number of benzene rings is 1. The van der Waals surface area contributed by atoms with E-state index in [0.717, 1.165) is 17.7 Å². The van der Waals surface area contributed by atoms with Crippen molar-refractivity contribution in [3.8, 4) is 5.75 Å². The van der Waals surface area contributed by atoms with Gasteiger partial charge in [-0.05, 0) is 30.5 Å². The number of halogens is 1. The lowest BCUT2D eigenvalue weighted by Crippen LogP contribution is -2.02. The van der Waals surface area contributed by atoms with Crippen LogP contribution in [0.5, 0.6) is 5.75 Å². The second kappa shape index (κ2) is 7.96. The Bertz CT molecular complexity index is 335. The van der Waals surface area contributed by atoms with E-state index in [1.54, 1.807) is 0 Å². The summed E-state index contributed by atoms with van der Waals surface area (Å²) in [6.45, 7) is 0.630. The smallest absolute Gasteiger partial charge is 0.305 e. The Kier molecular flexibility index (Phi) is 6.48. The van der Waals surface area contributed by atoms with Gasteiger partial charge in [0.05, 0.1) is 13.7 Å². The summed E-state index contributed by atoms with van der Waals surface area (Å²) in [6, 6.07) is 7.72. The first kappa shape index (κ1) is 13.8. The quantitative estimate of drug-likeness (QED) is 0.428. The summed E-state index contributed by atoms with van der Waals surface area (Å²) in [6.07, 6.45) is 1.93. The predicted octanol–water partition coefficient (Wildman–Crippen LogP) is 2.80. The Labute approximate surface area is 107 Å². The number of hydrogen-bond acceptors (Lipinski definition) is 3. The summed E-state index contributed by atoms with van der Waals surface area (Å²) in [5.74, 6) is 1.25.